The number of aliphatic hydroxyl groups excluding tert-OH is 2. The van der Waals surface area contributed by atoms with Crippen molar-refractivity contribution in [3.8, 4) is 0 Å². The van der Waals surface area contributed by atoms with Crippen molar-refractivity contribution in [2.24, 2.45) is 44.8 Å². The highest BCUT2D eigenvalue weighted by molar-refractivity contribution is 5.94. The van der Waals surface area contributed by atoms with E-state index in [0.29, 0.717) is 17.5 Å². The minimum atomic E-state index is -0.396. The number of nitrogens with zero attached hydrogens (tertiary/aromatic N) is 1. The number of hydrogen-bond donors (Lipinski definition) is 3. The lowest BCUT2D eigenvalue weighted by molar-refractivity contribution is -0.111. The van der Waals surface area contributed by atoms with E-state index in [4.69, 9.17) is 0 Å². The highest BCUT2D eigenvalue weighted by Gasteiger charge is 2.82. The van der Waals surface area contributed by atoms with E-state index in [1.54, 1.807) is 0 Å². The van der Waals surface area contributed by atoms with Crippen LogP contribution in [-0.2, 0) is 0 Å². The summed E-state index contributed by atoms with van der Waals surface area (Å²) in [5.74, 6) is 0.933. The Morgan fingerprint density at radius 1 is 1.03 bits per heavy atom. The molecule has 1 aromatic rings. The van der Waals surface area contributed by atoms with E-state index in [9.17, 15) is 15.0 Å². The Labute approximate surface area is 229 Å². The summed E-state index contributed by atoms with van der Waals surface area (Å²) in [6, 6.07) is 9.72. The first-order chi connectivity index (χ1) is 17.9. The van der Waals surface area contributed by atoms with Gasteiger partial charge in [-0.15, -0.1) is 0 Å². The first-order valence-corrected chi connectivity index (χ1v) is 14.9. The molecule has 5 nitrogen and oxygen atoms in total. The molecule has 5 aliphatic rings. The van der Waals surface area contributed by atoms with Gasteiger partial charge in [-0.2, -0.15) is 0 Å². The third kappa shape index (κ3) is 3.13. The number of carbonyl (C=O) groups is 1. The number of benzene rings is 1. The number of nitrogens with one attached hydrogen (secondary N) is 1. The molecule has 1 amide bonds. The predicted molar refractivity (Wildman–Crippen MR) is 150 cm³/mol. The Balaban J connectivity index is 1.33. The molecule has 11 atom stereocenters. The second-order valence-corrected chi connectivity index (χ2v) is 14.8. The molecule has 0 radical (unpaired) electrons. The lowest BCUT2D eigenvalue weighted by Crippen LogP contribution is -2.60. The van der Waals surface area contributed by atoms with E-state index in [1.807, 2.05) is 30.3 Å². The number of hydrogen-bond acceptors (Lipinski definition) is 4. The van der Waals surface area contributed by atoms with Crippen molar-refractivity contribution >= 4 is 5.91 Å². The summed E-state index contributed by atoms with van der Waals surface area (Å²) in [5.41, 5.74) is 0.870. The molecule has 4 saturated carbocycles. The molecule has 0 bridgehead atoms. The van der Waals surface area contributed by atoms with E-state index in [1.165, 1.54) is 12.8 Å². The Hall–Kier alpha value is -1.69. The zero-order chi connectivity index (χ0) is 27.3. The molecule has 4 fully saturated rings. The molecule has 208 valence electrons. The van der Waals surface area contributed by atoms with Crippen LogP contribution >= 0.6 is 0 Å². The Morgan fingerprint density at radius 3 is 2.34 bits per heavy atom. The summed E-state index contributed by atoms with van der Waals surface area (Å²) in [5, 5.41) is 25.7. The standard InChI is InChI=1S/C33H48N2O3/c1-21(35(5)6)27-23(37)18-31(4)25-13-12-24-29(2,20-36)26(34-28(38)22-10-8-7-9-11-22)14-15-32(24)19-33(25,32)17-16-30(27,31)3/h7-13,21,23-27,36-37H,14-20H2,1-6H3,(H,34,38)/t21-,23+,24-,25-,26-,27-,29-,30+,31-,32+,33-/m0/s1. The van der Waals surface area contributed by atoms with E-state index < -0.39 is 5.41 Å². The van der Waals surface area contributed by atoms with Gasteiger partial charge in [-0.1, -0.05) is 51.1 Å². The molecular formula is C33H48N2O3. The molecule has 0 unspecified atom stereocenters. The lowest BCUT2D eigenvalue weighted by atomic mass is 9.43. The van der Waals surface area contributed by atoms with Crippen molar-refractivity contribution in [2.75, 3.05) is 20.7 Å². The second-order valence-electron chi connectivity index (χ2n) is 14.8. The number of aliphatic hydroxyl groups is 2. The van der Waals surface area contributed by atoms with Crippen molar-refractivity contribution in [1.82, 2.24) is 10.2 Å². The highest BCUT2D eigenvalue weighted by atomic mass is 16.3. The molecular weight excluding hydrogens is 472 g/mol. The predicted octanol–water partition coefficient (Wildman–Crippen LogP) is 4.89. The number of fused-ring (bicyclic) bond motifs is 2. The van der Waals surface area contributed by atoms with Crippen LogP contribution in [0.2, 0.25) is 0 Å². The van der Waals surface area contributed by atoms with Gasteiger partial charge in [0.05, 0.1) is 12.7 Å². The fourth-order valence-electron chi connectivity index (χ4n) is 11.0. The molecule has 38 heavy (non-hydrogen) atoms. The monoisotopic (exact) mass is 520 g/mol. The van der Waals surface area contributed by atoms with E-state index in [0.717, 1.165) is 25.7 Å². The SMILES string of the molecule is C[C@@H]([C@H]1[C@H](O)C[C@@]2(C)[C@@H]3C=C[C@H]4[C@](C)(CO)[C@@H](NC(=O)c5ccccc5)CC[C@@]45C[C@@]35CC[C@]12C)N(C)C. The minimum Gasteiger partial charge on any atom is -0.396 e. The molecule has 0 heterocycles. The number of rotatable bonds is 5. The lowest BCUT2D eigenvalue weighted by Gasteiger charge is -2.61. The smallest absolute Gasteiger partial charge is 0.251 e. The first kappa shape index (κ1) is 26.5. The average Bonchev–Trinajstić information content (AvgIpc) is 3.50. The summed E-state index contributed by atoms with van der Waals surface area (Å²) in [6.07, 6.45) is 11.1. The van der Waals surface area contributed by atoms with E-state index in [-0.39, 0.29) is 58.2 Å². The zero-order valence-corrected chi connectivity index (χ0v) is 24.2. The van der Waals surface area contributed by atoms with Gasteiger partial charge in [0.2, 0.25) is 0 Å². The van der Waals surface area contributed by atoms with Crippen LogP contribution in [0.4, 0.5) is 0 Å². The summed E-state index contributed by atoms with van der Waals surface area (Å²) in [6.45, 7) is 9.52. The van der Waals surface area contributed by atoms with Gasteiger partial charge in [-0.05, 0) is 105 Å². The van der Waals surface area contributed by atoms with Gasteiger partial charge in [-0.3, -0.25) is 4.79 Å². The highest BCUT2D eigenvalue weighted by Crippen LogP contribution is 2.87. The second kappa shape index (κ2) is 8.41. The summed E-state index contributed by atoms with van der Waals surface area (Å²) in [7, 11) is 4.29. The fourth-order valence-corrected chi connectivity index (χ4v) is 11.0. The number of amides is 1. The summed E-state index contributed by atoms with van der Waals surface area (Å²) in [4.78, 5) is 15.4. The van der Waals surface area contributed by atoms with Gasteiger partial charge < -0.3 is 20.4 Å². The van der Waals surface area contributed by atoms with Crippen LogP contribution in [-0.4, -0.2) is 59.9 Å². The topological polar surface area (TPSA) is 72.8 Å². The maximum atomic E-state index is 13.1. The fraction of sp³-hybridized carbons (Fsp3) is 0.727. The van der Waals surface area contributed by atoms with Crippen LogP contribution in [0, 0.1) is 44.8 Å². The van der Waals surface area contributed by atoms with Gasteiger partial charge in [-0.25, -0.2) is 0 Å². The number of carbonyl (C=O) groups excluding carboxylic acids is 1. The van der Waals surface area contributed by atoms with Crippen molar-refractivity contribution in [1.29, 1.82) is 0 Å². The van der Waals surface area contributed by atoms with Crippen molar-refractivity contribution in [3.63, 3.8) is 0 Å². The quantitative estimate of drug-likeness (QED) is 0.483. The molecule has 0 saturated heterocycles. The Bertz CT molecular complexity index is 1140. The largest absolute Gasteiger partial charge is 0.396 e. The minimum absolute atomic E-state index is 0.0451. The summed E-state index contributed by atoms with van der Waals surface area (Å²) >= 11 is 0. The molecule has 1 aromatic carbocycles. The summed E-state index contributed by atoms with van der Waals surface area (Å²) < 4.78 is 0. The Morgan fingerprint density at radius 2 is 1.68 bits per heavy atom. The molecule has 0 aliphatic heterocycles. The Kier molecular flexibility index (Phi) is 5.87. The van der Waals surface area contributed by atoms with Crippen molar-refractivity contribution in [3.05, 3.63) is 48.0 Å². The van der Waals surface area contributed by atoms with Crippen molar-refractivity contribution < 1.29 is 15.0 Å². The van der Waals surface area contributed by atoms with Crippen LogP contribution in [0.5, 0.6) is 0 Å². The van der Waals surface area contributed by atoms with Crippen LogP contribution in [0.1, 0.15) is 76.6 Å². The third-order valence-corrected chi connectivity index (χ3v) is 13.5. The maximum Gasteiger partial charge on any atom is 0.251 e. The van der Waals surface area contributed by atoms with Crippen molar-refractivity contribution in [2.45, 2.75) is 84.4 Å². The average molecular weight is 521 g/mol. The molecule has 5 aliphatic carbocycles. The van der Waals surface area contributed by atoms with Crippen LogP contribution in [0.15, 0.2) is 42.5 Å². The van der Waals surface area contributed by atoms with Crippen LogP contribution in [0.25, 0.3) is 0 Å². The molecule has 3 N–H and O–H groups in total. The van der Waals surface area contributed by atoms with Gasteiger partial charge in [0, 0.05) is 29.0 Å². The molecule has 6 rings (SSSR count). The van der Waals surface area contributed by atoms with E-state index >= 15 is 0 Å². The van der Waals surface area contributed by atoms with Gasteiger partial charge in [0.25, 0.3) is 5.91 Å². The molecule has 5 heteroatoms. The molecule has 0 aromatic heterocycles. The van der Waals surface area contributed by atoms with Crippen LogP contribution in [0.3, 0.4) is 0 Å². The van der Waals surface area contributed by atoms with Crippen LogP contribution < -0.4 is 5.32 Å². The van der Waals surface area contributed by atoms with Gasteiger partial charge >= 0.3 is 0 Å². The third-order valence-electron chi connectivity index (χ3n) is 13.5. The maximum absolute atomic E-state index is 13.1. The first-order valence-electron chi connectivity index (χ1n) is 14.9. The number of allylic oxidation sites excluding steroid dienone is 2. The molecule has 2 spiro atoms. The van der Waals surface area contributed by atoms with E-state index in [2.05, 4.69) is 64.2 Å². The zero-order valence-electron chi connectivity index (χ0n) is 24.2. The normalized spacial score (nSPS) is 49.4. The van der Waals surface area contributed by atoms with Gasteiger partial charge in [0.15, 0.2) is 0 Å². The van der Waals surface area contributed by atoms with Gasteiger partial charge in [0.1, 0.15) is 0 Å².